The van der Waals surface area contributed by atoms with Crippen molar-refractivity contribution in [2.24, 2.45) is 0 Å². The summed E-state index contributed by atoms with van der Waals surface area (Å²) in [6.45, 7) is 8.08. The molecule has 1 fully saturated rings. The molecule has 0 spiro atoms. The highest BCUT2D eigenvalue weighted by Gasteiger charge is 2.20. The Kier molecular flexibility index (Phi) is 5.45. The summed E-state index contributed by atoms with van der Waals surface area (Å²) in [6.07, 6.45) is 0. The zero-order valence-electron chi connectivity index (χ0n) is 15.6. The normalized spacial score (nSPS) is 14.7. The average molecular weight is 385 g/mol. The van der Waals surface area contributed by atoms with Gasteiger partial charge < -0.3 is 14.1 Å². The summed E-state index contributed by atoms with van der Waals surface area (Å²) in [5, 5.41) is 9.73. The Morgan fingerprint density at radius 3 is 2.63 bits per heavy atom. The molecule has 0 bridgehead atoms. The molecule has 1 aromatic carbocycles. The fourth-order valence-corrected chi connectivity index (χ4v) is 4.06. The van der Waals surface area contributed by atoms with E-state index in [4.69, 9.17) is 9.15 Å². The molecule has 0 N–H and O–H groups in total. The van der Waals surface area contributed by atoms with Gasteiger partial charge in [-0.25, -0.2) is 4.98 Å². The number of ether oxygens (including phenoxy) is 1. The highest BCUT2D eigenvalue weighted by atomic mass is 32.2. The van der Waals surface area contributed by atoms with Crippen LogP contribution >= 0.6 is 11.8 Å². The fraction of sp³-hybridized carbons (Fsp3) is 0.421. The number of morpholine rings is 1. The number of oxazole rings is 1. The molecular weight excluding hydrogens is 362 g/mol. The minimum atomic E-state index is 0.662. The largest absolute Gasteiger partial charge is 0.441 e. The Balaban J connectivity index is 1.49. The van der Waals surface area contributed by atoms with Gasteiger partial charge in [0.15, 0.2) is 5.16 Å². The van der Waals surface area contributed by atoms with Gasteiger partial charge in [0.2, 0.25) is 11.8 Å². The lowest BCUT2D eigenvalue weighted by atomic mass is 10.2. The van der Waals surface area contributed by atoms with E-state index in [0.29, 0.717) is 11.6 Å². The number of aryl methyl sites for hydroxylation is 1. The molecule has 3 heterocycles. The van der Waals surface area contributed by atoms with Gasteiger partial charge in [0.1, 0.15) is 5.76 Å². The first-order valence-electron chi connectivity index (χ1n) is 9.16. The van der Waals surface area contributed by atoms with Crippen LogP contribution in [0.5, 0.6) is 0 Å². The number of thioether (sulfide) groups is 1. The molecule has 0 saturated carbocycles. The molecule has 142 valence electrons. The van der Waals surface area contributed by atoms with Gasteiger partial charge >= 0.3 is 0 Å². The number of hydrogen-bond donors (Lipinski definition) is 0. The van der Waals surface area contributed by atoms with Crippen molar-refractivity contribution >= 4 is 17.7 Å². The quantitative estimate of drug-likeness (QED) is 0.602. The molecule has 0 radical (unpaired) electrons. The van der Waals surface area contributed by atoms with Crippen LogP contribution in [-0.4, -0.2) is 46.1 Å². The molecule has 0 unspecified atom stereocenters. The Labute approximate surface area is 162 Å². The predicted molar refractivity (Wildman–Crippen MR) is 105 cm³/mol. The Hall–Kier alpha value is -2.32. The number of nitrogens with zero attached hydrogens (tertiary/aromatic N) is 5. The highest BCUT2D eigenvalue weighted by molar-refractivity contribution is 7.98. The zero-order chi connectivity index (χ0) is 18.6. The maximum Gasteiger partial charge on any atom is 0.228 e. The minimum absolute atomic E-state index is 0.662. The van der Waals surface area contributed by atoms with Crippen molar-refractivity contribution < 1.29 is 9.15 Å². The predicted octanol–water partition coefficient (Wildman–Crippen LogP) is 3.39. The van der Waals surface area contributed by atoms with Gasteiger partial charge in [0.05, 0.1) is 18.9 Å². The Bertz CT molecular complexity index is 887. The van der Waals surface area contributed by atoms with Crippen molar-refractivity contribution in [2.45, 2.75) is 31.3 Å². The molecule has 0 aliphatic carbocycles. The fourth-order valence-electron chi connectivity index (χ4n) is 3.06. The summed E-state index contributed by atoms with van der Waals surface area (Å²) in [6, 6.07) is 9.97. The van der Waals surface area contributed by atoms with E-state index in [1.165, 1.54) is 0 Å². The SMILES string of the molecule is CCn1c(SCc2nc(-c3ccccc3)oc2C)nnc1N1CCOCC1. The number of anilines is 1. The van der Waals surface area contributed by atoms with Crippen molar-refractivity contribution in [3.63, 3.8) is 0 Å². The second-order valence-electron chi connectivity index (χ2n) is 6.30. The van der Waals surface area contributed by atoms with Crippen molar-refractivity contribution in [3.8, 4) is 11.5 Å². The lowest BCUT2D eigenvalue weighted by molar-refractivity contribution is 0.121. The molecule has 1 aliphatic rings. The van der Waals surface area contributed by atoms with Crippen molar-refractivity contribution in [3.05, 3.63) is 41.8 Å². The zero-order valence-corrected chi connectivity index (χ0v) is 16.4. The summed E-state index contributed by atoms with van der Waals surface area (Å²) >= 11 is 1.64. The lowest BCUT2D eigenvalue weighted by Gasteiger charge is -2.27. The number of hydrogen-bond acceptors (Lipinski definition) is 7. The second kappa shape index (κ2) is 8.14. The van der Waals surface area contributed by atoms with Gasteiger partial charge in [-0.1, -0.05) is 30.0 Å². The van der Waals surface area contributed by atoms with Crippen LogP contribution in [0.15, 0.2) is 39.9 Å². The van der Waals surface area contributed by atoms with Crippen LogP contribution in [0.25, 0.3) is 11.5 Å². The molecule has 8 heteroatoms. The van der Waals surface area contributed by atoms with Crippen molar-refractivity contribution in [1.82, 2.24) is 19.7 Å². The molecule has 1 aliphatic heterocycles. The molecule has 4 rings (SSSR count). The summed E-state index contributed by atoms with van der Waals surface area (Å²) in [7, 11) is 0. The van der Waals surface area contributed by atoms with Crippen molar-refractivity contribution in [1.29, 1.82) is 0 Å². The third kappa shape index (κ3) is 3.86. The first-order chi connectivity index (χ1) is 13.3. The number of benzene rings is 1. The van der Waals surface area contributed by atoms with Gasteiger partial charge in [0, 0.05) is 31.0 Å². The Morgan fingerprint density at radius 2 is 1.89 bits per heavy atom. The van der Waals surface area contributed by atoms with Gasteiger partial charge in [-0.15, -0.1) is 10.2 Å². The third-order valence-electron chi connectivity index (χ3n) is 4.56. The lowest BCUT2D eigenvalue weighted by Crippen LogP contribution is -2.38. The van der Waals surface area contributed by atoms with Crippen LogP contribution in [0, 0.1) is 6.92 Å². The minimum Gasteiger partial charge on any atom is -0.441 e. The Morgan fingerprint density at radius 1 is 1.11 bits per heavy atom. The molecule has 7 nitrogen and oxygen atoms in total. The monoisotopic (exact) mass is 385 g/mol. The van der Waals surface area contributed by atoms with Crippen molar-refractivity contribution in [2.75, 3.05) is 31.2 Å². The van der Waals surface area contributed by atoms with Crippen LogP contribution < -0.4 is 4.90 Å². The molecule has 2 aromatic heterocycles. The van der Waals surface area contributed by atoms with Gasteiger partial charge in [-0.3, -0.25) is 4.57 Å². The number of rotatable bonds is 6. The maximum atomic E-state index is 5.86. The molecule has 3 aromatic rings. The van der Waals surface area contributed by atoms with E-state index in [2.05, 4.69) is 31.6 Å². The van der Waals surface area contributed by atoms with E-state index in [9.17, 15) is 0 Å². The van der Waals surface area contributed by atoms with E-state index < -0.39 is 0 Å². The topological polar surface area (TPSA) is 69.2 Å². The summed E-state index contributed by atoms with van der Waals surface area (Å²) in [5.41, 5.74) is 1.93. The second-order valence-corrected chi connectivity index (χ2v) is 7.25. The third-order valence-corrected chi connectivity index (χ3v) is 5.54. The smallest absolute Gasteiger partial charge is 0.228 e. The average Bonchev–Trinajstić information content (AvgIpc) is 3.30. The molecule has 27 heavy (non-hydrogen) atoms. The van der Waals surface area contributed by atoms with E-state index in [0.717, 1.165) is 61.0 Å². The first-order valence-corrected chi connectivity index (χ1v) is 10.1. The van der Waals surface area contributed by atoms with Crippen LogP contribution in [0.2, 0.25) is 0 Å². The maximum absolute atomic E-state index is 5.86. The van der Waals surface area contributed by atoms with Crippen LogP contribution in [0.3, 0.4) is 0 Å². The molecule has 0 atom stereocenters. The van der Waals surface area contributed by atoms with Gasteiger partial charge in [-0.2, -0.15) is 0 Å². The summed E-state index contributed by atoms with van der Waals surface area (Å²) in [4.78, 5) is 6.91. The van der Waals surface area contributed by atoms with Crippen LogP contribution in [0.1, 0.15) is 18.4 Å². The first kappa shape index (κ1) is 18.1. The number of aromatic nitrogens is 4. The summed E-state index contributed by atoms with van der Waals surface area (Å²) in [5.74, 6) is 3.13. The van der Waals surface area contributed by atoms with Crippen LogP contribution in [-0.2, 0) is 17.0 Å². The van der Waals surface area contributed by atoms with Crippen LogP contribution in [0.4, 0.5) is 5.95 Å². The summed E-state index contributed by atoms with van der Waals surface area (Å²) < 4.78 is 13.4. The molecular formula is C19H23N5O2S. The van der Waals surface area contributed by atoms with E-state index in [1.807, 2.05) is 37.3 Å². The van der Waals surface area contributed by atoms with Gasteiger partial charge in [0.25, 0.3) is 0 Å². The molecule has 0 amide bonds. The van der Waals surface area contributed by atoms with E-state index in [-0.39, 0.29) is 0 Å². The molecule has 1 saturated heterocycles. The van der Waals surface area contributed by atoms with E-state index in [1.54, 1.807) is 11.8 Å². The van der Waals surface area contributed by atoms with Gasteiger partial charge in [-0.05, 0) is 26.0 Å². The van der Waals surface area contributed by atoms with E-state index >= 15 is 0 Å². The highest BCUT2D eigenvalue weighted by Crippen LogP contribution is 2.28. The standard InChI is InChI=1S/C19H23N5O2S/c1-3-24-18(23-9-11-25-12-10-23)21-22-19(24)27-13-16-14(2)26-17(20-16)15-7-5-4-6-8-15/h4-8H,3,9-13H2,1-2H3.